The molecule has 1 fully saturated rings. The minimum Gasteiger partial charge on any atom is -0.466 e. The van der Waals surface area contributed by atoms with E-state index in [-0.39, 0.29) is 18.1 Å². The van der Waals surface area contributed by atoms with Crippen LogP contribution < -0.4 is 11.1 Å². The summed E-state index contributed by atoms with van der Waals surface area (Å²) >= 11 is 0. The van der Waals surface area contributed by atoms with Gasteiger partial charge in [0.15, 0.2) is 0 Å². The van der Waals surface area contributed by atoms with Crippen LogP contribution in [-0.2, 0) is 14.3 Å². The third-order valence-electron chi connectivity index (χ3n) is 4.47. The first kappa shape index (κ1) is 20.7. The molecule has 0 aromatic heterocycles. The van der Waals surface area contributed by atoms with Gasteiger partial charge in [-0.2, -0.15) is 0 Å². The van der Waals surface area contributed by atoms with E-state index in [0.29, 0.717) is 25.0 Å². The zero-order valence-electron chi connectivity index (χ0n) is 15.6. The fraction of sp³-hybridized carbons (Fsp3) is 0.889. The minimum absolute atomic E-state index is 0.0688. The number of nitrogens with two attached hydrogens (primary N) is 1. The summed E-state index contributed by atoms with van der Waals surface area (Å²) in [6.45, 7) is 8.08. The van der Waals surface area contributed by atoms with Gasteiger partial charge in [-0.15, -0.1) is 0 Å². The molecule has 140 valence electrons. The van der Waals surface area contributed by atoms with Crippen molar-refractivity contribution in [1.29, 1.82) is 0 Å². The highest BCUT2D eigenvalue weighted by Gasteiger charge is 2.29. The second-order valence-electron chi connectivity index (χ2n) is 7.74. The van der Waals surface area contributed by atoms with Crippen LogP contribution in [0.25, 0.3) is 0 Å². The van der Waals surface area contributed by atoms with E-state index in [9.17, 15) is 9.59 Å². The predicted molar refractivity (Wildman–Crippen MR) is 93.5 cm³/mol. The SMILES string of the molecule is CC(=O)OCCC1CCC(C(CCN)NC(=O)OC(C)(C)C)CC1. The van der Waals surface area contributed by atoms with Gasteiger partial charge in [-0.25, -0.2) is 4.79 Å². The first-order valence-electron chi connectivity index (χ1n) is 9.04. The van der Waals surface area contributed by atoms with E-state index in [1.165, 1.54) is 6.92 Å². The highest BCUT2D eigenvalue weighted by atomic mass is 16.6. The molecule has 1 unspecified atom stereocenters. The quantitative estimate of drug-likeness (QED) is 0.694. The summed E-state index contributed by atoms with van der Waals surface area (Å²) < 4.78 is 10.4. The zero-order chi connectivity index (χ0) is 18.2. The smallest absolute Gasteiger partial charge is 0.407 e. The van der Waals surface area contributed by atoms with Crippen molar-refractivity contribution < 1.29 is 19.1 Å². The van der Waals surface area contributed by atoms with E-state index in [1.807, 2.05) is 20.8 Å². The van der Waals surface area contributed by atoms with Gasteiger partial charge in [0.1, 0.15) is 5.60 Å². The minimum atomic E-state index is -0.494. The Labute approximate surface area is 145 Å². The van der Waals surface area contributed by atoms with Crippen LogP contribution in [0.15, 0.2) is 0 Å². The molecule has 1 saturated carbocycles. The highest BCUT2D eigenvalue weighted by molar-refractivity contribution is 5.68. The summed E-state index contributed by atoms with van der Waals surface area (Å²) in [6, 6.07) is 0.0688. The normalized spacial score (nSPS) is 22.5. The first-order valence-corrected chi connectivity index (χ1v) is 9.04. The number of esters is 1. The topological polar surface area (TPSA) is 90.6 Å². The van der Waals surface area contributed by atoms with Gasteiger partial charge in [-0.05, 0) is 77.7 Å². The third-order valence-corrected chi connectivity index (χ3v) is 4.47. The van der Waals surface area contributed by atoms with Crippen LogP contribution in [0.3, 0.4) is 0 Å². The Morgan fingerprint density at radius 1 is 1.21 bits per heavy atom. The Bertz CT molecular complexity index is 398. The second-order valence-corrected chi connectivity index (χ2v) is 7.74. The maximum Gasteiger partial charge on any atom is 0.407 e. The van der Waals surface area contributed by atoms with Gasteiger partial charge < -0.3 is 20.5 Å². The number of carbonyl (C=O) groups excluding carboxylic acids is 2. The summed E-state index contributed by atoms with van der Waals surface area (Å²) in [4.78, 5) is 22.8. The van der Waals surface area contributed by atoms with Gasteiger partial charge in [0.25, 0.3) is 0 Å². The zero-order valence-corrected chi connectivity index (χ0v) is 15.6. The summed E-state index contributed by atoms with van der Waals surface area (Å²) in [5.41, 5.74) is 5.23. The number of hydrogen-bond donors (Lipinski definition) is 2. The van der Waals surface area contributed by atoms with Crippen LogP contribution >= 0.6 is 0 Å². The van der Waals surface area contributed by atoms with Crippen LogP contribution in [0.4, 0.5) is 4.79 Å². The Kier molecular flexibility index (Phi) is 8.53. The molecule has 0 heterocycles. The average molecular weight is 342 g/mol. The lowest BCUT2D eigenvalue weighted by molar-refractivity contribution is -0.141. The first-order chi connectivity index (χ1) is 11.2. The molecule has 1 aliphatic carbocycles. The van der Waals surface area contributed by atoms with E-state index in [4.69, 9.17) is 15.2 Å². The molecule has 24 heavy (non-hydrogen) atoms. The van der Waals surface area contributed by atoms with Crippen molar-refractivity contribution in [2.24, 2.45) is 17.6 Å². The van der Waals surface area contributed by atoms with E-state index in [2.05, 4.69) is 5.32 Å². The van der Waals surface area contributed by atoms with E-state index in [1.54, 1.807) is 0 Å². The van der Waals surface area contributed by atoms with Crippen molar-refractivity contribution >= 4 is 12.1 Å². The third kappa shape index (κ3) is 8.52. The fourth-order valence-electron chi connectivity index (χ4n) is 3.31. The number of rotatable bonds is 7. The number of nitrogens with one attached hydrogen (secondary N) is 1. The molecular formula is C18H34N2O4. The van der Waals surface area contributed by atoms with Crippen molar-refractivity contribution in [3.05, 3.63) is 0 Å². The molecule has 3 N–H and O–H groups in total. The maximum absolute atomic E-state index is 12.0. The average Bonchev–Trinajstić information content (AvgIpc) is 2.45. The number of amides is 1. The van der Waals surface area contributed by atoms with Crippen molar-refractivity contribution in [3.8, 4) is 0 Å². The molecule has 1 aliphatic rings. The van der Waals surface area contributed by atoms with Crippen LogP contribution in [0, 0.1) is 11.8 Å². The van der Waals surface area contributed by atoms with Crippen molar-refractivity contribution in [2.45, 2.75) is 77.9 Å². The van der Waals surface area contributed by atoms with Gasteiger partial charge in [-0.1, -0.05) is 0 Å². The number of carbonyl (C=O) groups is 2. The summed E-state index contributed by atoms with van der Waals surface area (Å²) in [6.07, 6.45) is 5.65. The van der Waals surface area contributed by atoms with Gasteiger partial charge in [0, 0.05) is 13.0 Å². The van der Waals surface area contributed by atoms with Gasteiger partial charge in [0.05, 0.1) is 6.61 Å². The molecule has 1 rings (SSSR count). The molecule has 0 bridgehead atoms. The lowest BCUT2D eigenvalue weighted by atomic mass is 9.77. The monoisotopic (exact) mass is 342 g/mol. The largest absolute Gasteiger partial charge is 0.466 e. The van der Waals surface area contributed by atoms with Crippen LogP contribution in [-0.4, -0.2) is 36.9 Å². The summed E-state index contributed by atoms with van der Waals surface area (Å²) in [5.74, 6) is 0.819. The Balaban J connectivity index is 2.42. The number of hydrogen-bond acceptors (Lipinski definition) is 5. The van der Waals surface area contributed by atoms with Gasteiger partial charge in [0.2, 0.25) is 0 Å². The molecule has 0 aromatic carbocycles. The summed E-state index contributed by atoms with van der Waals surface area (Å²) in [5, 5.41) is 3.01. The van der Waals surface area contributed by atoms with Crippen molar-refractivity contribution in [3.63, 3.8) is 0 Å². The van der Waals surface area contributed by atoms with E-state index < -0.39 is 5.60 Å². The lowest BCUT2D eigenvalue weighted by Crippen LogP contribution is -2.45. The molecule has 1 amide bonds. The summed E-state index contributed by atoms with van der Waals surface area (Å²) in [7, 11) is 0. The lowest BCUT2D eigenvalue weighted by Gasteiger charge is -2.34. The van der Waals surface area contributed by atoms with Crippen LogP contribution in [0.5, 0.6) is 0 Å². The molecule has 6 nitrogen and oxygen atoms in total. The highest BCUT2D eigenvalue weighted by Crippen LogP contribution is 2.33. The number of alkyl carbamates (subject to hydrolysis) is 1. The van der Waals surface area contributed by atoms with Crippen LogP contribution in [0.1, 0.15) is 66.2 Å². The Morgan fingerprint density at radius 3 is 2.33 bits per heavy atom. The number of ether oxygens (including phenoxy) is 2. The molecular weight excluding hydrogens is 308 g/mol. The fourth-order valence-corrected chi connectivity index (χ4v) is 3.31. The van der Waals surface area contributed by atoms with Crippen molar-refractivity contribution in [1.82, 2.24) is 5.32 Å². The molecule has 1 atom stereocenters. The molecule has 0 spiro atoms. The standard InChI is InChI=1S/C18H34N2O4/c1-13(21)23-12-10-14-5-7-15(8-6-14)16(9-11-19)20-17(22)24-18(2,3)4/h14-16H,5-12,19H2,1-4H3,(H,20,22). The molecule has 0 aliphatic heterocycles. The second kappa shape index (κ2) is 9.87. The maximum atomic E-state index is 12.0. The van der Waals surface area contributed by atoms with Gasteiger partial charge in [-0.3, -0.25) is 4.79 Å². The molecule has 6 heteroatoms. The Hall–Kier alpha value is -1.30. The van der Waals surface area contributed by atoms with Gasteiger partial charge >= 0.3 is 12.1 Å². The Morgan fingerprint density at radius 2 is 1.83 bits per heavy atom. The predicted octanol–water partition coefficient (Wildman–Crippen LogP) is 2.99. The van der Waals surface area contributed by atoms with Crippen LogP contribution in [0.2, 0.25) is 0 Å². The molecule has 0 saturated heterocycles. The molecule has 0 aromatic rings. The molecule has 0 radical (unpaired) electrons. The van der Waals surface area contributed by atoms with Crippen molar-refractivity contribution in [2.75, 3.05) is 13.2 Å². The van der Waals surface area contributed by atoms with E-state index in [0.717, 1.165) is 38.5 Å². The van der Waals surface area contributed by atoms with E-state index >= 15 is 0 Å².